The molecule has 2 N–H and O–H groups in total. The normalized spacial score (nSPS) is 10.5. The fraction of sp³-hybridized carbons (Fsp3) is 0.125. The molecule has 0 spiro atoms. The first-order valence-electron chi connectivity index (χ1n) is 7.07. The van der Waals surface area contributed by atoms with Gasteiger partial charge in [0.2, 0.25) is 0 Å². The number of aryl methyl sites for hydroxylation is 1. The Kier molecular flexibility index (Phi) is 4.29. The number of nitrogens with zero attached hydrogens (tertiary/aromatic N) is 2. The molecule has 0 aliphatic rings. The third-order valence-electron chi connectivity index (χ3n) is 3.29. The van der Waals surface area contributed by atoms with Gasteiger partial charge in [-0.25, -0.2) is 10.1 Å². The van der Waals surface area contributed by atoms with Gasteiger partial charge in [0, 0.05) is 17.0 Å². The molecule has 0 radical (unpaired) electrons. The number of thiazole rings is 1. The monoisotopic (exact) mass is 326 g/mol. The first-order valence-corrected chi connectivity index (χ1v) is 7.95. The maximum atomic E-state index is 12.0. The molecule has 0 saturated heterocycles. The van der Waals surface area contributed by atoms with E-state index in [4.69, 9.17) is 0 Å². The molecule has 2 heterocycles. The van der Waals surface area contributed by atoms with E-state index in [1.165, 1.54) is 29.0 Å². The highest BCUT2D eigenvalue weighted by Gasteiger charge is 2.11. The maximum absolute atomic E-state index is 12.0. The van der Waals surface area contributed by atoms with Crippen molar-refractivity contribution in [3.8, 4) is 11.3 Å². The van der Waals surface area contributed by atoms with Crippen molar-refractivity contribution < 1.29 is 4.79 Å². The van der Waals surface area contributed by atoms with E-state index in [2.05, 4.69) is 39.6 Å². The van der Waals surface area contributed by atoms with E-state index in [9.17, 15) is 9.59 Å². The molecule has 2 aromatic heterocycles. The fourth-order valence-corrected chi connectivity index (χ4v) is 2.72. The molecule has 0 fully saturated rings. The number of aromatic amines is 1. The van der Waals surface area contributed by atoms with Gasteiger partial charge in [-0.2, -0.15) is 5.10 Å². The molecule has 1 aromatic carbocycles. The van der Waals surface area contributed by atoms with E-state index < -0.39 is 5.91 Å². The number of nitrogens with one attached hydrogen (secondary N) is 2. The van der Waals surface area contributed by atoms with Crippen LogP contribution in [0.1, 0.15) is 23.0 Å². The lowest BCUT2D eigenvalue weighted by Crippen LogP contribution is -2.17. The predicted molar refractivity (Wildman–Crippen MR) is 89.7 cm³/mol. The number of hydrogen-bond acceptors (Lipinski definition) is 5. The number of anilines is 1. The van der Waals surface area contributed by atoms with Crippen molar-refractivity contribution in [3.05, 3.63) is 63.4 Å². The Hall–Kier alpha value is -2.80. The van der Waals surface area contributed by atoms with Crippen LogP contribution in [0.5, 0.6) is 0 Å². The summed E-state index contributed by atoms with van der Waals surface area (Å²) >= 11 is 1.34. The van der Waals surface area contributed by atoms with Gasteiger partial charge in [0.15, 0.2) is 5.13 Å². The van der Waals surface area contributed by atoms with Crippen molar-refractivity contribution in [1.29, 1.82) is 0 Å². The van der Waals surface area contributed by atoms with E-state index in [0.29, 0.717) is 5.13 Å². The first-order chi connectivity index (χ1) is 11.2. The van der Waals surface area contributed by atoms with Crippen molar-refractivity contribution in [2.75, 3.05) is 5.32 Å². The van der Waals surface area contributed by atoms with Crippen molar-refractivity contribution in [1.82, 2.24) is 15.2 Å². The average Bonchev–Trinajstić information content (AvgIpc) is 3.04. The molecule has 23 heavy (non-hydrogen) atoms. The van der Waals surface area contributed by atoms with Gasteiger partial charge in [-0.05, 0) is 18.1 Å². The van der Waals surface area contributed by atoms with E-state index in [1.54, 1.807) is 0 Å². The van der Waals surface area contributed by atoms with Crippen LogP contribution in [-0.2, 0) is 6.42 Å². The number of aromatic nitrogens is 3. The lowest BCUT2D eigenvalue weighted by molar-refractivity contribution is 0.102. The summed E-state index contributed by atoms with van der Waals surface area (Å²) in [6.45, 7) is 2.11. The molecule has 0 aliphatic carbocycles. The number of carbonyl (C=O) groups excluding carboxylic acids is 1. The van der Waals surface area contributed by atoms with Gasteiger partial charge < -0.3 is 0 Å². The molecular weight excluding hydrogens is 312 g/mol. The minimum Gasteiger partial charge on any atom is -0.296 e. The Balaban J connectivity index is 1.74. The summed E-state index contributed by atoms with van der Waals surface area (Å²) in [4.78, 5) is 27.4. The number of benzene rings is 1. The zero-order valence-electron chi connectivity index (χ0n) is 12.4. The number of H-pyrrole nitrogens is 1. The second-order valence-corrected chi connectivity index (χ2v) is 5.71. The zero-order valence-corrected chi connectivity index (χ0v) is 13.2. The van der Waals surface area contributed by atoms with Crippen LogP contribution in [0.3, 0.4) is 0 Å². The molecule has 0 atom stereocenters. The molecular formula is C16H14N4O2S. The summed E-state index contributed by atoms with van der Waals surface area (Å²) in [7, 11) is 0. The first kappa shape index (κ1) is 15.1. The molecule has 116 valence electrons. The van der Waals surface area contributed by atoms with E-state index in [-0.39, 0.29) is 11.3 Å². The summed E-state index contributed by atoms with van der Waals surface area (Å²) in [6.07, 6.45) is 0.991. The van der Waals surface area contributed by atoms with Crippen LogP contribution in [0.2, 0.25) is 0 Å². The molecule has 0 saturated carbocycles. The lowest BCUT2D eigenvalue weighted by Gasteiger charge is -2.00. The van der Waals surface area contributed by atoms with Crippen LogP contribution in [0.4, 0.5) is 5.13 Å². The Morgan fingerprint density at radius 1 is 1.22 bits per heavy atom. The number of hydrogen-bond donors (Lipinski definition) is 2. The lowest BCUT2D eigenvalue weighted by atomic mass is 10.1. The quantitative estimate of drug-likeness (QED) is 0.771. The standard InChI is InChI=1S/C16H14N4O2S/c1-2-10-3-5-11(6-4-10)13-9-23-16(17-13)18-15(22)12-7-8-14(21)20-19-12/h3-9H,2H2,1H3,(H,20,21)(H,17,18,22). The third-order valence-corrected chi connectivity index (χ3v) is 4.05. The number of rotatable bonds is 4. The van der Waals surface area contributed by atoms with Crippen molar-refractivity contribution in [3.63, 3.8) is 0 Å². The summed E-state index contributed by atoms with van der Waals surface area (Å²) in [5.41, 5.74) is 2.85. The zero-order chi connectivity index (χ0) is 16.2. The van der Waals surface area contributed by atoms with Gasteiger partial charge >= 0.3 is 0 Å². The Morgan fingerprint density at radius 3 is 2.65 bits per heavy atom. The second kappa shape index (κ2) is 6.53. The van der Waals surface area contributed by atoms with Crippen molar-refractivity contribution in [2.24, 2.45) is 0 Å². The molecule has 0 unspecified atom stereocenters. The molecule has 1 amide bonds. The van der Waals surface area contributed by atoms with Crippen LogP contribution in [0.25, 0.3) is 11.3 Å². The van der Waals surface area contributed by atoms with Crippen LogP contribution in [0.15, 0.2) is 46.6 Å². The molecule has 0 aliphatic heterocycles. The van der Waals surface area contributed by atoms with Gasteiger partial charge in [0.05, 0.1) is 5.69 Å². The summed E-state index contributed by atoms with van der Waals surface area (Å²) in [5.74, 6) is -0.413. The van der Waals surface area contributed by atoms with Gasteiger partial charge in [-0.15, -0.1) is 11.3 Å². The van der Waals surface area contributed by atoms with E-state index in [1.807, 2.05) is 17.5 Å². The molecule has 3 rings (SSSR count). The fourth-order valence-electron chi connectivity index (χ4n) is 2.01. The van der Waals surface area contributed by atoms with Gasteiger partial charge in [0.1, 0.15) is 5.69 Å². The van der Waals surface area contributed by atoms with Crippen LogP contribution >= 0.6 is 11.3 Å². The van der Waals surface area contributed by atoms with Crippen LogP contribution < -0.4 is 10.9 Å². The maximum Gasteiger partial charge on any atom is 0.277 e. The van der Waals surface area contributed by atoms with Crippen molar-refractivity contribution >= 4 is 22.4 Å². The van der Waals surface area contributed by atoms with Crippen LogP contribution in [0, 0.1) is 0 Å². The molecule has 3 aromatic rings. The SMILES string of the molecule is CCc1ccc(-c2csc(NC(=O)c3ccc(=O)[nH]n3)n2)cc1. The van der Waals surface area contributed by atoms with E-state index in [0.717, 1.165) is 17.7 Å². The van der Waals surface area contributed by atoms with Gasteiger partial charge in [0.25, 0.3) is 11.5 Å². The molecule has 6 nitrogen and oxygen atoms in total. The highest BCUT2D eigenvalue weighted by Crippen LogP contribution is 2.25. The highest BCUT2D eigenvalue weighted by atomic mass is 32.1. The average molecular weight is 326 g/mol. The predicted octanol–water partition coefficient (Wildman–Crippen LogP) is 2.71. The Labute approximate surface area is 136 Å². The Morgan fingerprint density at radius 2 is 2.00 bits per heavy atom. The number of carbonyl (C=O) groups is 1. The summed E-state index contributed by atoms with van der Waals surface area (Å²) in [6, 6.07) is 10.8. The van der Waals surface area contributed by atoms with Gasteiger partial charge in [-0.3, -0.25) is 14.9 Å². The van der Waals surface area contributed by atoms with Crippen LogP contribution in [-0.4, -0.2) is 21.1 Å². The minimum atomic E-state index is -0.413. The third kappa shape index (κ3) is 3.51. The number of amides is 1. The minimum absolute atomic E-state index is 0.133. The topological polar surface area (TPSA) is 87.7 Å². The molecule has 7 heteroatoms. The smallest absolute Gasteiger partial charge is 0.277 e. The summed E-state index contributed by atoms with van der Waals surface area (Å²) in [5, 5.41) is 11.0. The van der Waals surface area contributed by atoms with Crippen molar-refractivity contribution in [2.45, 2.75) is 13.3 Å². The highest BCUT2D eigenvalue weighted by molar-refractivity contribution is 7.14. The summed E-state index contributed by atoms with van der Waals surface area (Å²) < 4.78 is 0. The second-order valence-electron chi connectivity index (χ2n) is 4.85. The molecule has 0 bridgehead atoms. The van der Waals surface area contributed by atoms with E-state index >= 15 is 0 Å². The largest absolute Gasteiger partial charge is 0.296 e. The Bertz CT molecular complexity index is 863. The van der Waals surface area contributed by atoms with Gasteiger partial charge in [-0.1, -0.05) is 31.2 Å².